The molecule has 138 valence electrons. The van der Waals surface area contributed by atoms with E-state index in [0.717, 1.165) is 25.8 Å². The molecule has 2 aromatic carbocycles. The summed E-state index contributed by atoms with van der Waals surface area (Å²) in [6, 6.07) is 18.3. The van der Waals surface area contributed by atoms with Crippen LogP contribution in [0.5, 0.6) is 0 Å². The van der Waals surface area contributed by atoms with Gasteiger partial charge in [-0.25, -0.2) is 0 Å². The van der Waals surface area contributed by atoms with E-state index in [1.165, 1.54) is 41.5 Å². The van der Waals surface area contributed by atoms with Crippen LogP contribution >= 0.6 is 0 Å². The van der Waals surface area contributed by atoms with Gasteiger partial charge in [0.25, 0.3) is 0 Å². The molecular weight excluding hydrogens is 318 g/mol. The Bertz CT molecular complexity index is 740. The smallest absolute Gasteiger partial charge is 0.0717 e. The summed E-state index contributed by atoms with van der Waals surface area (Å²) in [5.41, 5.74) is 4.83. The third-order valence-electron chi connectivity index (χ3n) is 6.69. The summed E-state index contributed by atoms with van der Waals surface area (Å²) in [4.78, 5) is 2.68. The standard InChI is InChI=1S/C24H31NO/c1-18-8-6-11-21(19(18)2)14-24(26)15-22-12-7-13-23(16-24)25(22)17-20-9-4-3-5-10-20/h3-6,8-11,22-23,26H,7,12-17H2,1-2H3. The van der Waals surface area contributed by atoms with Crippen molar-refractivity contribution < 1.29 is 5.11 Å². The molecule has 0 saturated carbocycles. The minimum atomic E-state index is -0.554. The summed E-state index contributed by atoms with van der Waals surface area (Å²) in [7, 11) is 0. The molecule has 2 saturated heterocycles. The van der Waals surface area contributed by atoms with E-state index in [1.807, 2.05) is 0 Å². The zero-order chi connectivity index (χ0) is 18.1. The van der Waals surface area contributed by atoms with Gasteiger partial charge >= 0.3 is 0 Å². The van der Waals surface area contributed by atoms with Crippen molar-refractivity contribution in [1.82, 2.24) is 4.90 Å². The molecule has 26 heavy (non-hydrogen) atoms. The van der Waals surface area contributed by atoms with Crippen LogP contribution in [-0.4, -0.2) is 27.7 Å². The van der Waals surface area contributed by atoms with Gasteiger partial charge in [-0.1, -0.05) is 55.0 Å². The predicted octanol–water partition coefficient (Wildman–Crippen LogP) is 4.79. The summed E-state index contributed by atoms with van der Waals surface area (Å²) in [5.74, 6) is 0. The Morgan fingerprint density at radius 3 is 2.35 bits per heavy atom. The Kier molecular flexibility index (Phi) is 4.90. The zero-order valence-corrected chi connectivity index (χ0v) is 16.1. The highest BCUT2D eigenvalue weighted by Crippen LogP contribution is 2.41. The van der Waals surface area contributed by atoms with E-state index in [0.29, 0.717) is 12.1 Å². The second-order valence-corrected chi connectivity index (χ2v) is 8.56. The molecule has 0 spiro atoms. The van der Waals surface area contributed by atoms with Gasteiger partial charge in [-0.3, -0.25) is 4.90 Å². The number of nitrogens with zero attached hydrogens (tertiary/aromatic N) is 1. The Morgan fingerprint density at radius 2 is 1.65 bits per heavy atom. The lowest BCUT2D eigenvalue weighted by molar-refractivity contribution is -0.0947. The van der Waals surface area contributed by atoms with Crippen molar-refractivity contribution >= 4 is 0 Å². The van der Waals surface area contributed by atoms with Crippen LogP contribution in [0.25, 0.3) is 0 Å². The Balaban J connectivity index is 1.52. The first-order valence-corrected chi connectivity index (χ1v) is 10.1. The maximum atomic E-state index is 11.5. The highest BCUT2D eigenvalue weighted by Gasteiger charge is 2.45. The maximum absolute atomic E-state index is 11.5. The number of rotatable bonds is 4. The highest BCUT2D eigenvalue weighted by atomic mass is 16.3. The van der Waals surface area contributed by atoms with Crippen LogP contribution in [0.4, 0.5) is 0 Å². The van der Waals surface area contributed by atoms with Gasteiger partial charge < -0.3 is 5.11 Å². The minimum Gasteiger partial charge on any atom is -0.389 e. The van der Waals surface area contributed by atoms with Crippen molar-refractivity contribution in [1.29, 1.82) is 0 Å². The average molecular weight is 350 g/mol. The molecule has 1 N–H and O–H groups in total. The van der Waals surface area contributed by atoms with Crippen LogP contribution in [0.3, 0.4) is 0 Å². The third-order valence-corrected chi connectivity index (χ3v) is 6.69. The van der Waals surface area contributed by atoms with E-state index in [9.17, 15) is 5.11 Å². The minimum absolute atomic E-state index is 0.512. The number of aliphatic hydroxyl groups is 1. The fraction of sp³-hybridized carbons (Fsp3) is 0.500. The van der Waals surface area contributed by atoms with Crippen LogP contribution in [0.1, 0.15) is 54.4 Å². The Hall–Kier alpha value is -1.64. The van der Waals surface area contributed by atoms with Crippen molar-refractivity contribution in [3.8, 4) is 0 Å². The lowest BCUT2D eigenvalue weighted by Gasteiger charge is -2.52. The molecular formula is C24H31NO. The molecule has 2 atom stereocenters. The van der Waals surface area contributed by atoms with Gasteiger partial charge in [0.1, 0.15) is 0 Å². The first-order chi connectivity index (χ1) is 12.5. The lowest BCUT2D eigenvalue weighted by Crippen LogP contribution is -2.58. The fourth-order valence-electron chi connectivity index (χ4n) is 5.17. The average Bonchev–Trinajstić information content (AvgIpc) is 2.61. The van der Waals surface area contributed by atoms with E-state index in [1.54, 1.807) is 0 Å². The van der Waals surface area contributed by atoms with E-state index in [4.69, 9.17) is 0 Å². The highest BCUT2D eigenvalue weighted by molar-refractivity contribution is 5.34. The molecule has 0 radical (unpaired) electrons. The van der Waals surface area contributed by atoms with Gasteiger partial charge in [0.15, 0.2) is 0 Å². The molecule has 2 heteroatoms. The number of hydrogen-bond donors (Lipinski definition) is 1. The molecule has 2 aromatic rings. The van der Waals surface area contributed by atoms with Crippen molar-refractivity contribution in [2.24, 2.45) is 0 Å². The number of piperidine rings is 2. The van der Waals surface area contributed by atoms with Gasteiger partial charge in [0.05, 0.1) is 5.60 Å². The normalized spacial score (nSPS) is 28.9. The number of aryl methyl sites for hydroxylation is 1. The van der Waals surface area contributed by atoms with Gasteiger partial charge in [-0.15, -0.1) is 0 Å². The zero-order valence-electron chi connectivity index (χ0n) is 16.1. The SMILES string of the molecule is Cc1cccc(CC2(O)CC3CCCC(C2)N3Cc2ccccc2)c1C. The van der Waals surface area contributed by atoms with Crippen LogP contribution in [0, 0.1) is 13.8 Å². The van der Waals surface area contributed by atoms with E-state index in [2.05, 4.69) is 67.3 Å². The van der Waals surface area contributed by atoms with Crippen molar-refractivity contribution in [2.75, 3.05) is 0 Å². The van der Waals surface area contributed by atoms with Gasteiger partial charge in [0, 0.05) is 25.0 Å². The monoisotopic (exact) mass is 349 g/mol. The summed E-state index contributed by atoms with van der Waals surface area (Å²) in [5, 5.41) is 11.5. The summed E-state index contributed by atoms with van der Waals surface area (Å²) in [6.45, 7) is 5.38. The Labute approximate surface area is 157 Å². The summed E-state index contributed by atoms with van der Waals surface area (Å²) < 4.78 is 0. The number of benzene rings is 2. The quantitative estimate of drug-likeness (QED) is 0.857. The fourth-order valence-corrected chi connectivity index (χ4v) is 5.17. The van der Waals surface area contributed by atoms with Crippen molar-refractivity contribution in [3.63, 3.8) is 0 Å². The second kappa shape index (κ2) is 7.17. The van der Waals surface area contributed by atoms with Crippen LogP contribution in [-0.2, 0) is 13.0 Å². The van der Waals surface area contributed by atoms with Crippen molar-refractivity contribution in [2.45, 2.75) is 76.6 Å². The number of fused-ring (bicyclic) bond motifs is 2. The van der Waals surface area contributed by atoms with E-state index in [-0.39, 0.29) is 0 Å². The summed E-state index contributed by atoms with van der Waals surface area (Å²) >= 11 is 0. The predicted molar refractivity (Wildman–Crippen MR) is 107 cm³/mol. The first-order valence-electron chi connectivity index (χ1n) is 10.1. The largest absolute Gasteiger partial charge is 0.389 e. The van der Waals surface area contributed by atoms with Crippen LogP contribution in [0.2, 0.25) is 0 Å². The Morgan fingerprint density at radius 1 is 0.962 bits per heavy atom. The summed E-state index contributed by atoms with van der Waals surface area (Å²) in [6.07, 6.45) is 6.36. The molecule has 0 amide bonds. The van der Waals surface area contributed by atoms with Gasteiger partial charge in [-0.2, -0.15) is 0 Å². The molecule has 0 aromatic heterocycles. The number of hydrogen-bond acceptors (Lipinski definition) is 2. The lowest BCUT2D eigenvalue weighted by atomic mass is 9.72. The first kappa shape index (κ1) is 17.8. The topological polar surface area (TPSA) is 23.5 Å². The molecule has 2 bridgehead atoms. The van der Waals surface area contributed by atoms with Crippen LogP contribution < -0.4 is 0 Å². The third kappa shape index (κ3) is 3.58. The molecule has 2 fully saturated rings. The second-order valence-electron chi connectivity index (χ2n) is 8.56. The van der Waals surface area contributed by atoms with Gasteiger partial charge in [0.2, 0.25) is 0 Å². The maximum Gasteiger partial charge on any atom is 0.0717 e. The van der Waals surface area contributed by atoms with Gasteiger partial charge in [-0.05, 0) is 61.8 Å². The van der Waals surface area contributed by atoms with Crippen LogP contribution in [0.15, 0.2) is 48.5 Å². The van der Waals surface area contributed by atoms with E-state index < -0.39 is 5.60 Å². The molecule has 2 aliphatic rings. The van der Waals surface area contributed by atoms with E-state index >= 15 is 0 Å². The molecule has 2 unspecified atom stereocenters. The van der Waals surface area contributed by atoms with Crippen molar-refractivity contribution in [3.05, 3.63) is 70.8 Å². The molecule has 2 aliphatic heterocycles. The molecule has 2 heterocycles. The molecule has 2 nitrogen and oxygen atoms in total. The molecule has 0 aliphatic carbocycles. The molecule has 4 rings (SSSR count).